The van der Waals surface area contributed by atoms with Crippen molar-refractivity contribution in [3.63, 3.8) is 0 Å². The molecule has 0 saturated heterocycles. The number of rotatable bonds is 2. The molecule has 13 heavy (non-hydrogen) atoms. The maximum Gasteiger partial charge on any atom is 0.341 e. The third-order valence-electron chi connectivity index (χ3n) is 1.62. The molecule has 0 amide bonds. The zero-order valence-corrected chi connectivity index (χ0v) is 8.67. The quantitative estimate of drug-likeness (QED) is 0.640. The Bertz CT molecular complexity index is 323. The summed E-state index contributed by atoms with van der Waals surface area (Å²) in [7, 11) is 1.28. The number of esters is 1. The van der Waals surface area contributed by atoms with E-state index in [0.717, 1.165) is 5.56 Å². The van der Waals surface area contributed by atoms with Gasteiger partial charge in [-0.2, -0.15) is 0 Å². The first kappa shape index (κ1) is 10.1. The first-order valence-electron chi connectivity index (χ1n) is 3.65. The molecule has 1 aromatic carbocycles. The lowest BCUT2D eigenvalue weighted by Gasteiger charge is -2.03. The summed E-state index contributed by atoms with van der Waals surface area (Å²) in [6, 6.07) is 4.80. The summed E-state index contributed by atoms with van der Waals surface area (Å²) in [5.41, 5.74) is 1.11. The third-order valence-corrected chi connectivity index (χ3v) is 2.27. The maximum atomic E-state index is 11.1. The molecule has 0 fully saturated rings. The summed E-state index contributed by atoms with van der Waals surface area (Å²) in [4.78, 5) is 11.1. The van der Waals surface area contributed by atoms with Gasteiger partial charge in [-0.05, 0) is 17.7 Å². The highest BCUT2D eigenvalue weighted by Gasteiger charge is 2.11. The van der Waals surface area contributed by atoms with Gasteiger partial charge in [0, 0.05) is 5.33 Å². The van der Waals surface area contributed by atoms with Crippen molar-refractivity contribution in [1.82, 2.24) is 0 Å². The van der Waals surface area contributed by atoms with E-state index in [4.69, 9.17) is 0 Å². The second kappa shape index (κ2) is 4.28. The molecular weight excluding hydrogens is 236 g/mol. The molecule has 4 heteroatoms. The number of alkyl halides is 1. The number of methoxy groups -OCH3 is 1. The largest absolute Gasteiger partial charge is 0.507 e. The number of carbonyl (C=O) groups is 1. The second-order valence-electron chi connectivity index (χ2n) is 2.48. The number of carbonyl (C=O) groups excluding carboxylic acids is 1. The van der Waals surface area contributed by atoms with E-state index in [1.165, 1.54) is 13.2 Å². The predicted molar refractivity (Wildman–Crippen MR) is 52.1 cm³/mol. The van der Waals surface area contributed by atoms with Crippen molar-refractivity contribution in [2.45, 2.75) is 5.33 Å². The van der Waals surface area contributed by atoms with Crippen molar-refractivity contribution in [2.24, 2.45) is 0 Å². The Balaban J connectivity index is 3.11. The van der Waals surface area contributed by atoms with Gasteiger partial charge >= 0.3 is 5.97 Å². The molecule has 0 bridgehead atoms. The summed E-state index contributed by atoms with van der Waals surface area (Å²) in [6.07, 6.45) is 0. The minimum atomic E-state index is -0.528. The van der Waals surface area contributed by atoms with Gasteiger partial charge in [-0.1, -0.05) is 22.0 Å². The Morgan fingerprint density at radius 1 is 1.62 bits per heavy atom. The smallest absolute Gasteiger partial charge is 0.341 e. The average Bonchev–Trinajstić information content (AvgIpc) is 2.17. The monoisotopic (exact) mass is 244 g/mol. The second-order valence-corrected chi connectivity index (χ2v) is 3.04. The average molecular weight is 245 g/mol. The van der Waals surface area contributed by atoms with Crippen LogP contribution in [0.1, 0.15) is 15.9 Å². The number of phenolic OH excluding ortho intramolecular Hbond substituents is 1. The molecule has 0 aliphatic heterocycles. The van der Waals surface area contributed by atoms with Crippen LogP contribution < -0.4 is 0 Å². The van der Waals surface area contributed by atoms with Crippen LogP contribution in [-0.4, -0.2) is 18.2 Å². The normalized spacial score (nSPS) is 9.69. The number of aromatic hydroxyl groups is 1. The summed E-state index contributed by atoms with van der Waals surface area (Å²) >= 11 is 3.25. The van der Waals surface area contributed by atoms with E-state index >= 15 is 0 Å². The number of ether oxygens (including phenoxy) is 1. The van der Waals surface area contributed by atoms with Gasteiger partial charge in [-0.25, -0.2) is 4.79 Å². The topological polar surface area (TPSA) is 46.5 Å². The van der Waals surface area contributed by atoms with Gasteiger partial charge in [0.25, 0.3) is 0 Å². The Hall–Kier alpha value is -1.03. The Morgan fingerprint density at radius 2 is 2.31 bits per heavy atom. The number of halogens is 1. The molecule has 1 rings (SSSR count). The summed E-state index contributed by atoms with van der Waals surface area (Å²) in [5.74, 6) is -0.586. The van der Waals surface area contributed by atoms with E-state index in [1.807, 2.05) is 0 Å². The molecule has 0 heterocycles. The fourth-order valence-electron chi connectivity index (χ4n) is 0.940. The fraction of sp³-hybridized carbons (Fsp3) is 0.222. The lowest BCUT2D eigenvalue weighted by molar-refractivity contribution is 0.0597. The van der Waals surface area contributed by atoms with E-state index < -0.39 is 5.97 Å². The van der Waals surface area contributed by atoms with Gasteiger partial charge < -0.3 is 9.84 Å². The van der Waals surface area contributed by atoms with Crippen molar-refractivity contribution in [3.8, 4) is 5.75 Å². The SMILES string of the molecule is COC(=O)c1cc(CBr)ccc1O. The Labute approximate surface area is 84.5 Å². The molecule has 0 unspecified atom stereocenters. The maximum absolute atomic E-state index is 11.1. The molecule has 0 aliphatic carbocycles. The minimum absolute atomic E-state index is 0.0587. The molecule has 0 aliphatic rings. The number of hydrogen-bond donors (Lipinski definition) is 1. The van der Waals surface area contributed by atoms with Crippen molar-refractivity contribution in [3.05, 3.63) is 29.3 Å². The van der Waals surface area contributed by atoms with E-state index in [0.29, 0.717) is 5.33 Å². The fourth-order valence-corrected chi connectivity index (χ4v) is 1.29. The van der Waals surface area contributed by atoms with Gasteiger partial charge in [-0.15, -0.1) is 0 Å². The van der Waals surface area contributed by atoms with Crippen LogP contribution in [0.25, 0.3) is 0 Å². The molecule has 1 N–H and O–H groups in total. The first-order chi connectivity index (χ1) is 6.19. The van der Waals surface area contributed by atoms with Crippen molar-refractivity contribution in [2.75, 3.05) is 7.11 Å². The zero-order valence-electron chi connectivity index (χ0n) is 7.08. The number of benzene rings is 1. The molecule has 0 saturated carbocycles. The van der Waals surface area contributed by atoms with Crippen LogP contribution in [0.5, 0.6) is 5.75 Å². The van der Waals surface area contributed by atoms with Gasteiger partial charge in [0.15, 0.2) is 0 Å². The van der Waals surface area contributed by atoms with Crippen molar-refractivity contribution < 1.29 is 14.6 Å². The first-order valence-corrected chi connectivity index (χ1v) is 4.77. The van der Waals surface area contributed by atoms with Crippen LogP contribution in [0.2, 0.25) is 0 Å². The molecule has 0 spiro atoms. The van der Waals surface area contributed by atoms with E-state index in [1.54, 1.807) is 12.1 Å². The van der Waals surface area contributed by atoms with E-state index in [2.05, 4.69) is 20.7 Å². The highest BCUT2D eigenvalue weighted by molar-refractivity contribution is 9.08. The van der Waals surface area contributed by atoms with Gasteiger partial charge in [0.1, 0.15) is 11.3 Å². The van der Waals surface area contributed by atoms with Gasteiger partial charge in [0.2, 0.25) is 0 Å². The van der Waals surface area contributed by atoms with Crippen LogP contribution in [-0.2, 0) is 10.1 Å². The summed E-state index contributed by atoms with van der Waals surface area (Å²) in [5, 5.41) is 9.95. The minimum Gasteiger partial charge on any atom is -0.507 e. The van der Waals surface area contributed by atoms with E-state index in [-0.39, 0.29) is 11.3 Å². The zero-order chi connectivity index (χ0) is 9.84. The Kier molecular flexibility index (Phi) is 3.31. The standard InChI is InChI=1S/C9H9BrO3/c1-13-9(12)7-4-6(5-10)2-3-8(7)11/h2-4,11H,5H2,1H3. The molecule has 1 aromatic rings. The molecule has 0 atom stereocenters. The molecule has 3 nitrogen and oxygen atoms in total. The number of hydrogen-bond acceptors (Lipinski definition) is 3. The van der Waals surface area contributed by atoms with Crippen LogP contribution in [0.4, 0.5) is 0 Å². The third kappa shape index (κ3) is 2.21. The lowest BCUT2D eigenvalue weighted by atomic mass is 10.1. The molecular formula is C9H9BrO3. The van der Waals surface area contributed by atoms with Crippen molar-refractivity contribution >= 4 is 21.9 Å². The molecule has 0 radical (unpaired) electrons. The molecule has 70 valence electrons. The van der Waals surface area contributed by atoms with Crippen molar-refractivity contribution in [1.29, 1.82) is 0 Å². The van der Waals surface area contributed by atoms with Crippen LogP contribution in [0.15, 0.2) is 18.2 Å². The Morgan fingerprint density at radius 3 is 2.85 bits per heavy atom. The summed E-state index contributed by atoms with van der Waals surface area (Å²) < 4.78 is 4.50. The molecule has 0 aromatic heterocycles. The lowest BCUT2D eigenvalue weighted by Crippen LogP contribution is -2.01. The van der Waals surface area contributed by atoms with Crippen LogP contribution in [0.3, 0.4) is 0 Å². The van der Waals surface area contributed by atoms with Crippen LogP contribution >= 0.6 is 15.9 Å². The highest BCUT2D eigenvalue weighted by atomic mass is 79.9. The van der Waals surface area contributed by atoms with Gasteiger partial charge in [0.05, 0.1) is 7.11 Å². The van der Waals surface area contributed by atoms with E-state index in [9.17, 15) is 9.90 Å². The number of phenols is 1. The van der Waals surface area contributed by atoms with Gasteiger partial charge in [-0.3, -0.25) is 0 Å². The van der Waals surface area contributed by atoms with Crippen LogP contribution in [0, 0.1) is 0 Å². The summed E-state index contributed by atoms with van der Waals surface area (Å²) in [6.45, 7) is 0. The highest BCUT2D eigenvalue weighted by Crippen LogP contribution is 2.20. The predicted octanol–water partition coefficient (Wildman–Crippen LogP) is 2.07.